The van der Waals surface area contributed by atoms with Crippen molar-refractivity contribution < 1.29 is 14.3 Å². The first-order valence-corrected chi connectivity index (χ1v) is 8.67. The minimum absolute atomic E-state index is 0.0260. The molecule has 0 unspecified atom stereocenters. The minimum Gasteiger partial charge on any atom is -0.378 e. The van der Waals surface area contributed by atoms with Crippen LogP contribution in [0.1, 0.15) is 30.3 Å². The van der Waals surface area contributed by atoms with Gasteiger partial charge < -0.3 is 19.3 Å². The summed E-state index contributed by atoms with van der Waals surface area (Å²) in [5, 5.41) is 8.39. The van der Waals surface area contributed by atoms with Crippen molar-refractivity contribution in [3.63, 3.8) is 0 Å². The first-order chi connectivity index (χ1) is 11.7. The molecule has 3 rings (SSSR count). The molecule has 2 aliphatic rings. The minimum atomic E-state index is -0.177. The van der Waals surface area contributed by atoms with Gasteiger partial charge in [-0.25, -0.2) is 0 Å². The average Bonchev–Trinajstić information content (AvgIpc) is 3.22. The third-order valence-corrected chi connectivity index (χ3v) is 4.87. The molecule has 134 valence electrons. The molecule has 2 aliphatic heterocycles. The molecule has 1 aromatic rings. The summed E-state index contributed by atoms with van der Waals surface area (Å²) >= 11 is 0. The maximum Gasteiger partial charge on any atom is 0.249 e. The van der Waals surface area contributed by atoms with Crippen LogP contribution >= 0.6 is 0 Å². The third kappa shape index (κ3) is 3.76. The zero-order chi connectivity index (χ0) is 16.9. The quantitative estimate of drug-likeness (QED) is 0.652. The van der Waals surface area contributed by atoms with Crippen LogP contribution in [0.15, 0.2) is 0 Å². The molecule has 1 fully saturated rings. The summed E-state index contributed by atoms with van der Waals surface area (Å²) in [4.78, 5) is 16.6. The summed E-state index contributed by atoms with van der Waals surface area (Å²) in [6.45, 7) is 5.15. The van der Waals surface area contributed by atoms with Gasteiger partial charge in [-0.05, 0) is 25.9 Å². The number of likely N-dealkylation sites (tertiary alicyclic amines) is 1. The molecule has 0 radical (unpaired) electrons. The normalized spacial score (nSPS) is 21.2. The van der Waals surface area contributed by atoms with Crippen molar-refractivity contribution >= 4 is 5.91 Å². The Hall–Kier alpha value is -1.51. The van der Waals surface area contributed by atoms with Crippen LogP contribution < -0.4 is 0 Å². The molecule has 0 bridgehead atoms. The van der Waals surface area contributed by atoms with Crippen LogP contribution in [0.2, 0.25) is 0 Å². The van der Waals surface area contributed by atoms with E-state index in [-0.39, 0.29) is 18.6 Å². The molecule has 8 nitrogen and oxygen atoms in total. The van der Waals surface area contributed by atoms with E-state index in [2.05, 4.69) is 15.2 Å². The second kappa shape index (κ2) is 8.04. The monoisotopic (exact) mass is 337 g/mol. The number of fused-ring (bicyclic) bond motifs is 1. The van der Waals surface area contributed by atoms with Gasteiger partial charge in [-0.2, -0.15) is 0 Å². The highest BCUT2D eigenvalue weighted by molar-refractivity contribution is 5.78. The SMILES string of the molecule is COCC(=O)N1CCc2c(nnn2C)[C@@H]1COCCN1CCCC1. The Kier molecular flexibility index (Phi) is 5.80. The lowest BCUT2D eigenvalue weighted by molar-refractivity contribution is -0.139. The van der Waals surface area contributed by atoms with E-state index >= 15 is 0 Å². The highest BCUT2D eigenvalue weighted by atomic mass is 16.5. The Balaban J connectivity index is 1.61. The number of methoxy groups -OCH3 is 1. The van der Waals surface area contributed by atoms with E-state index < -0.39 is 0 Å². The van der Waals surface area contributed by atoms with E-state index in [0.29, 0.717) is 19.8 Å². The number of hydrogen-bond donors (Lipinski definition) is 0. The van der Waals surface area contributed by atoms with E-state index in [4.69, 9.17) is 9.47 Å². The lowest BCUT2D eigenvalue weighted by Crippen LogP contribution is -2.44. The number of nitrogens with zero attached hydrogens (tertiary/aromatic N) is 5. The zero-order valence-electron chi connectivity index (χ0n) is 14.6. The number of aromatic nitrogens is 3. The van der Waals surface area contributed by atoms with Gasteiger partial charge >= 0.3 is 0 Å². The molecule has 1 amide bonds. The van der Waals surface area contributed by atoms with Crippen LogP contribution in [-0.2, 0) is 27.7 Å². The first kappa shape index (κ1) is 17.3. The summed E-state index contributed by atoms with van der Waals surface area (Å²) < 4.78 is 12.7. The van der Waals surface area contributed by atoms with Gasteiger partial charge in [0.2, 0.25) is 5.91 Å². The van der Waals surface area contributed by atoms with Crippen molar-refractivity contribution in [2.45, 2.75) is 25.3 Å². The molecule has 1 saturated heterocycles. The maximum absolute atomic E-state index is 12.3. The van der Waals surface area contributed by atoms with E-state index in [0.717, 1.165) is 24.4 Å². The number of hydrogen-bond acceptors (Lipinski definition) is 6. The highest BCUT2D eigenvalue weighted by Gasteiger charge is 2.34. The van der Waals surface area contributed by atoms with Gasteiger partial charge in [0.05, 0.1) is 18.9 Å². The van der Waals surface area contributed by atoms with Gasteiger partial charge in [-0.1, -0.05) is 5.21 Å². The van der Waals surface area contributed by atoms with E-state index in [1.165, 1.54) is 33.0 Å². The number of aryl methyl sites for hydroxylation is 1. The predicted molar refractivity (Wildman–Crippen MR) is 87.5 cm³/mol. The second-order valence-electron chi connectivity index (χ2n) is 6.45. The van der Waals surface area contributed by atoms with Gasteiger partial charge in [0, 0.05) is 33.7 Å². The number of ether oxygens (including phenoxy) is 2. The fourth-order valence-corrected chi connectivity index (χ4v) is 3.54. The number of carbonyl (C=O) groups excluding carboxylic acids is 1. The maximum atomic E-state index is 12.3. The smallest absolute Gasteiger partial charge is 0.249 e. The van der Waals surface area contributed by atoms with Crippen LogP contribution in [0.4, 0.5) is 0 Å². The largest absolute Gasteiger partial charge is 0.378 e. The van der Waals surface area contributed by atoms with Crippen molar-refractivity contribution in [2.75, 3.05) is 53.1 Å². The van der Waals surface area contributed by atoms with Gasteiger partial charge in [0.15, 0.2) is 0 Å². The van der Waals surface area contributed by atoms with Crippen molar-refractivity contribution in [2.24, 2.45) is 7.05 Å². The molecular weight excluding hydrogens is 310 g/mol. The Morgan fingerprint density at radius 2 is 2.08 bits per heavy atom. The zero-order valence-corrected chi connectivity index (χ0v) is 14.6. The van der Waals surface area contributed by atoms with E-state index in [1.807, 2.05) is 11.9 Å². The summed E-state index contributed by atoms with van der Waals surface area (Å²) in [7, 11) is 3.43. The fraction of sp³-hybridized carbons (Fsp3) is 0.812. The van der Waals surface area contributed by atoms with Crippen LogP contribution in [0.3, 0.4) is 0 Å². The van der Waals surface area contributed by atoms with Gasteiger partial charge in [-0.3, -0.25) is 9.48 Å². The first-order valence-electron chi connectivity index (χ1n) is 8.67. The third-order valence-electron chi connectivity index (χ3n) is 4.87. The molecule has 0 aromatic carbocycles. The molecular formula is C16H27N5O3. The molecule has 1 atom stereocenters. The molecule has 0 N–H and O–H groups in total. The van der Waals surface area contributed by atoms with E-state index in [9.17, 15) is 4.79 Å². The number of rotatable bonds is 7. The van der Waals surface area contributed by atoms with Crippen molar-refractivity contribution in [3.8, 4) is 0 Å². The summed E-state index contributed by atoms with van der Waals surface area (Å²) in [6, 6.07) is -0.177. The molecule has 0 spiro atoms. The van der Waals surface area contributed by atoms with Crippen molar-refractivity contribution in [1.82, 2.24) is 24.8 Å². The Morgan fingerprint density at radius 1 is 1.29 bits per heavy atom. The Bertz CT molecular complexity index is 556. The number of amides is 1. The van der Waals surface area contributed by atoms with Crippen LogP contribution in [0, 0.1) is 0 Å². The van der Waals surface area contributed by atoms with Crippen molar-refractivity contribution in [3.05, 3.63) is 11.4 Å². The lowest BCUT2D eigenvalue weighted by atomic mass is 10.0. The number of carbonyl (C=O) groups is 1. The van der Waals surface area contributed by atoms with Gasteiger partial charge in [0.25, 0.3) is 0 Å². The van der Waals surface area contributed by atoms with Gasteiger partial charge in [0.1, 0.15) is 18.3 Å². The van der Waals surface area contributed by atoms with Gasteiger partial charge in [-0.15, -0.1) is 5.10 Å². The lowest BCUT2D eigenvalue weighted by Gasteiger charge is -2.34. The van der Waals surface area contributed by atoms with Crippen LogP contribution in [0.5, 0.6) is 0 Å². The molecule has 0 saturated carbocycles. The second-order valence-corrected chi connectivity index (χ2v) is 6.45. The molecule has 1 aromatic heterocycles. The standard InChI is InChI=1S/C16H27N5O3/c1-19-13-5-8-21(15(22)12-23-2)14(16(13)17-18-19)11-24-10-9-20-6-3-4-7-20/h14H,3-12H2,1-2H3/t14-/m0/s1. The highest BCUT2D eigenvalue weighted by Crippen LogP contribution is 2.28. The molecule has 0 aliphatic carbocycles. The molecule has 3 heterocycles. The predicted octanol–water partition coefficient (Wildman–Crippen LogP) is -0.000300. The van der Waals surface area contributed by atoms with E-state index in [1.54, 1.807) is 4.68 Å². The Labute approximate surface area is 142 Å². The summed E-state index contributed by atoms with van der Waals surface area (Å²) in [6.07, 6.45) is 3.33. The van der Waals surface area contributed by atoms with Crippen molar-refractivity contribution in [1.29, 1.82) is 0 Å². The topological polar surface area (TPSA) is 72.7 Å². The molecule has 8 heteroatoms. The molecule has 24 heavy (non-hydrogen) atoms. The van der Waals surface area contributed by atoms with Crippen LogP contribution in [-0.4, -0.2) is 83.8 Å². The summed E-state index contributed by atoms with van der Waals surface area (Å²) in [5.41, 5.74) is 1.94. The average molecular weight is 337 g/mol. The van der Waals surface area contributed by atoms with Crippen LogP contribution in [0.25, 0.3) is 0 Å². The fourth-order valence-electron chi connectivity index (χ4n) is 3.54. The Morgan fingerprint density at radius 3 is 2.83 bits per heavy atom. The summed E-state index contributed by atoms with van der Waals surface area (Å²) in [5.74, 6) is -0.0260.